The highest BCUT2D eigenvalue weighted by Gasteiger charge is 2.41. The van der Waals surface area contributed by atoms with Crippen molar-refractivity contribution in [3.05, 3.63) is 79.3 Å². The zero-order chi connectivity index (χ0) is 17.7. The molecule has 25 heavy (non-hydrogen) atoms. The van der Waals surface area contributed by atoms with Gasteiger partial charge in [0.2, 0.25) is 0 Å². The molecule has 0 amide bonds. The Hall–Kier alpha value is -2.14. The Morgan fingerprint density at radius 3 is 2.80 bits per heavy atom. The highest BCUT2D eigenvalue weighted by molar-refractivity contribution is 9.10. The van der Waals surface area contributed by atoms with Gasteiger partial charge in [-0.1, -0.05) is 40.2 Å². The first-order chi connectivity index (χ1) is 12.0. The number of allylic oxidation sites excluding steroid dienone is 2. The van der Waals surface area contributed by atoms with Crippen LogP contribution in [-0.2, 0) is 0 Å². The van der Waals surface area contributed by atoms with Gasteiger partial charge in [0.15, 0.2) is 0 Å². The number of hydrogen-bond donors (Lipinski definition) is 1. The van der Waals surface area contributed by atoms with E-state index in [4.69, 9.17) is 0 Å². The first-order valence-electron chi connectivity index (χ1n) is 8.44. The number of nitrogens with zero attached hydrogens (tertiary/aromatic N) is 1. The molecule has 128 valence electrons. The minimum Gasteiger partial charge on any atom is -0.372 e. The summed E-state index contributed by atoms with van der Waals surface area (Å²) in [4.78, 5) is 11.4. The Bertz CT molecular complexity index is 907. The van der Waals surface area contributed by atoms with Gasteiger partial charge >= 0.3 is 0 Å². The van der Waals surface area contributed by atoms with Crippen molar-refractivity contribution in [2.24, 2.45) is 5.92 Å². The molecule has 5 heteroatoms. The fourth-order valence-electron chi connectivity index (χ4n) is 4.25. The average molecular weight is 399 g/mol. The molecular formula is C20H19BrN2O2. The second-order valence-electron chi connectivity index (χ2n) is 6.91. The predicted octanol–water partition coefficient (Wildman–Crippen LogP) is 5.80. The van der Waals surface area contributed by atoms with E-state index in [1.54, 1.807) is 6.07 Å². The van der Waals surface area contributed by atoms with Gasteiger partial charge in [0, 0.05) is 16.5 Å². The summed E-state index contributed by atoms with van der Waals surface area (Å²) in [5.74, 6) is 0.598. The molecule has 0 saturated carbocycles. The number of nitrogens with one attached hydrogen (secondary N) is 1. The van der Waals surface area contributed by atoms with Crippen LogP contribution in [0.3, 0.4) is 0 Å². The maximum atomic E-state index is 11.7. The quantitative estimate of drug-likeness (QED) is 0.395. The third-order valence-corrected chi connectivity index (χ3v) is 6.05. The Labute approximate surface area is 155 Å². The maximum absolute atomic E-state index is 11.7. The minimum atomic E-state index is -0.269. The number of hydrogen-bond acceptors (Lipinski definition) is 3. The molecule has 0 fully saturated rings. The summed E-state index contributed by atoms with van der Waals surface area (Å²) in [6.45, 7) is 4.03. The molecule has 0 spiro atoms. The summed E-state index contributed by atoms with van der Waals surface area (Å²) < 4.78 is 1.02. The van der Waals surface area contributed by atoms with E-state index in [1.165, 1.54) is 0 Å². The van der Waals surface area contributed by atoms with Gasteiger partial charge in [-0.3, -0.25) is 10.1 Å². The van der Waals surface area contributed by atoms with Crippen LogP contribution in [-0.4, -0.2) is 4.92 Å². The number of nitro benzene ring substituents is 1. The topological polar surface area (TPSA) is 55.2 Å². The van der Waals surface area contributed by atoms with Crippen LogP contribution >= 0.6 is 15.9 Å². The van der Waals surface area contributed by atoms with E-state index in [9.17, 15) is 10.1 Å². The van der Waals surface area contributed by atoms with Crippen molar-refractivity contribution in [1.82, 2.24) is 0 Å². The van der Waals surface area contributed by atoms with Gasteiger partial charge in [-0.2, -0.15) is 0 Å². The molecule has 0 aromatic heterocycles. The molecule has 3 atom stereocenters. The van der Waals surface area contributed by atoms with Crippen molar-refractivity contribution in [2.75, 3.05) is 5.32 Å². The summed E-state index contributed by atoms with van der Waals surface area (Å²) in [5, 5.41) is 15.2. The van der Waals surface area contributed by atoms with Gasteiger partial charge in [0.25, 0.3) is 5.69 Å². The standard InChI is InChI=1S/C20H19BrN2O2/c1-11-9-17(23(24)25)20-18(12(11)2)15-7-4-8-16(15)19(22-20)13-5-3-6-14(21)10-13/h3-7,9-10,15-16,19,22H,8H2,1-2H3/t15-,16+,19+/m1/s1. The van der Waals surface area contributed by atoms with Gasteiger partial charge in [-0.25, -0.2) is 0 Å². The van der Waals surface area contributed by atoms with E-state index in [0.717, 1.165) is 33.1 Å². The SMILES string of the molecule is Cc1cc([N+](=O)[O-])c2c(c1C)[C@@H]1C=CC[C@@H]1[C@H](c1cccc(Br)c1)N2. The summed E-state index contributed by atoms with van der Waals surface area (Å²) >= 11 is 3.54. The molecule has 4 rings (SSSR count). The summed E-state index contributed by atoms with van der Waals surface area (Å²) in [6.07, 6.45) is 5.42. The molecule has 2 aliphatic rings. The molecule has 0 radical (unpaired) electrons. The van der Waals surface area contributed by atoms with Crippen LogP contribution in [0.2, 0.25) is 0 Å². The van der Waals surface area contributed by atoms with Crippen molar-refractivity contribution < 1.29 is 4.92 Å². The largest absolute Gasteiger partial charge is 0.372 e. The second kappa shape index (κ2) is 5.99. The Kier molecular flexibility index (Phi) is 3.91. The Balaban J connectivity index is 1.92. The number of aryl methyl sites for hydroxylation is 1. The zero-order valence-corrected chi connectivity index (χ0v) is 15.7. The van der Waals surface area contributed by atoms with Gasteiger partial charge in [0.1, 0.15) is 5.69 Å². The number of anilines is 1. The van der Waals surface area contributed by atoms with Crippen LogP contribution < -0.4 is 5.32 Å². The van der Waals surface area contributed by atoms with Crippen LogP contribution in [0.5, 0.6) is 0 Å². The van der Waals surface area contributed by atoms with Crippen molar-refractivity contribution in [2.45, 2.75) is 32.2 Å². The van der Waals surface area contributed by atoms with Crippen LogP contribution in [0.15, 0.2) is 47.0 Å². The molecule has 1 heterocycles. The van der Waals surface area contributed by atoms with Crippen LogP contribution in [0.25, 0.3) is 0 Å². The Morgan fingerprint density at radius 2 is 2.08 bits per heavy atom. The van der Waals surface area contributed by atoms with Gasteiger partial charge in [0.05, 0.1) is 11.0 Å². The highest BCUT2D eigenvalue weighted by Crippen LogP contribution is 2.53. The number of halogens is 1. The number of nitro groups is 1. The van der Waals surface area contributed by atoms with Gasteiger partial charge in [-0.15, -0.1) is 0 Å². The molecule has 4 nitrogen and oxygen atoms in total. The molecule has 1 aliphatic heterocycles. The molecule has 1 N–H and O–H groups in total. The molecule has 0 unspecified atom stereocenters. The predicted molar refractivity (Wildman–Crippen MR) is 103 cm³/mol. The van der Waals surface area contributed by atoms with E-state index < -0.39 is 0 Å². The van der Waals surface area contributed by atoms with Crippen LogP contribution in [0.1, 0.15) is 40.6 Å². The highest BCUT2D eigenvalue weighted by atomic mass is 79.9. The third-order valence-electron chi connectivity index (χ3n) is 5.55. The van der Waals surface area contributed by atoms with E-state index in [-0.39, 0.29) is 22.6 Å². The summed E-state index contributed by atoms with van der Waals surface area (Å²) in [6, 6.07) is 9.97. The molecule has 0 bridgehead atoms. The number of fused-ring (bicyclic) bond motifs is 3. The van der Waals surface area contributed by atoms with E-state index >= 15 is 0 Å². The van der Waals surface area contributed by atoms with Crippen molar-refractivity contribution in [3.63, 3.8) is 0 Å². The van der Waals surface area contributed by atoms with Crippen LogP contribution in [0.4, 0.5) is 11.4 Å². The fraction of sp³-hybridized carbons (Fsp3) is 0.300. The molecule has 0 saturated heterocycles. The first kappa shape index (κ1) is 16.3. The van der Waals surface area contributed by atoms with E-state index in [1.807, 2.05) is 19.1 Å². The minimum absolute atomic E-state index is 0.0609. The van der Waals surface area contributed by atoms with E-state index in [2.05, 4.69) is 52.5 Å². The lowest BCUT2D eigenvalue weighted by Crippen LogP contribution is -2.30. The number of rotatable bonds is 2. The fourth-order valence-corrected chi connectivity index (χ4v) is 4.67. The lowest BCUT2D eigenvalue weighted by molar-refractivity contribution is -0.384. The lowest BCUT2D eigenvalue weighted by atomic mass is 9.74. The van der Waals surface area contributed by atoms with E-state index in [0.29, 0.717) is 11.6 Å². The van der Waals surface area contributed by atoms with Crippen molar-refractivity contribution in [1.29, 1.82) is 0 Å². The summed E-state index contributed by atoms with van der Waals surface area (Å²) in [7, 11) is 0. The maximum Gasteiger partial charge on any atom is 0.292 e. The van der Waals surface area contributed by atoms with Crippen molar-refractivity contribution in [3.8, 4) is 0 Å². The second-order valence-corrected chi connectivity index (χ2v) is 7.83. The summed E-state index contributed by atoms with van der Waals surface area (Å²) in [5.41, 5.74) is 5.25. The molecule has 2 aromatic carbocycles. The third kappa shape index (κ3) is 2.58. The van der Waals surface area contributed by atoms with Gasteiger partial charge in [-0.05, 0) is 60.6 Å². The van der Waals surface area contributed by atoms with Gasteiger partial charge < -0.3 is 5.32 Å². The zero-order valence-electron chi connectivity index (χ0n) is 14.1. The smallest absolute Gasteiger partial charge is 0.292 e. The van der Waals surface area contributed by atoms with Crippen molar-refractivity contribution >= 4 is 27.3 Å². The molecule has 2 aromatic rings. The normalized spacial score (nSPS) is 23.7. The lowest BCUT2D eigenvalue weighted by Gasteiger charge is -2.38. The van der Waals surface area contributed by atoms with Crippen LogP contribution in [0, 0.1) is 29.9 Å². The monoisotopic (exact) mass is 398 g/mol. The molecule has 1 aliphatic carbocycles. The molecular weight excluding hydrogens is 380 g/mol. The number of benzene rings is 2. The Morgan fingerprint density at radius 1 is 1.28 bits per heavy atom. The first-order valence-corrected chi connectivity index (χ1v) is 9.24. The average Bonchev–Trinajstić information content (AvgIpc) is 3.06.